The highest BCUT2D eigenvalue weighted by Crippen LogP contribution is 2.23. The summed E-state index contributed by atoms with van der Waals surface area (Å²) in [5, 5.41) is 3.29. The monoisotopic (exact) mass is 324 g/mol. The van der Waals surface area contributed by atoms with E-state index in [1.807, 2.05) is 0 Å². The van der Waals surface area contributed by atoms with Crippen molar-refractivity contribution in [2.45, 2.75) is 13.5 Å². The van der Waals surface area contributed by atoms with E-state index >= 15 is 0 Å². The fourth-order valence-corrected chi connectivity index (χ4v) is 2.11. The van der Waals surface area contributed by atoms with Gasteiger partial charge in [-0.05, 0) is 42.3 Å². The zero-order valence-corrected chi connectivity index (χ0v) is 12.9. The number of hydrogen-bond acceptors (Lipinski definition) is 1. The Bertz CT molecular complexity index is 707. The van der Waals surface area contributed by atoms with E-state index in [9.17, 15) is 13.6 Å². The highest BCUT2D eigenvalue weighted by molar-refractivity contribution is 6.31. The molecule has 0 atom stereocenters. The number of hydrogen-bond donors (Lipinski definition) is 1. The van der Waals surface area contributed by atoms with Gasteiger partial charge in [-0.3, -0.25) is 0 Å². The van der Waals surface area contributed by atoms with Crippen LogP contribution in [0.1, 0.15) is 11.1 Å². The molecule has 2 rings (SSSR count). The Morgan fingerprint density at radius 2 is 1.95 bits per heavy atom. The Morgan fingerprint density at radius 3 is 2.64 bits per heavy atom. The minimum absolute atomic E-state index is 0.155. The van der Waals surface area contributed by atoms with E-state index in [-0.39, 0.29) is 12.6 Å². The zero-order chi connectivity index (χ0) is 16.3. The third-order valence-corrected chi connectivity index (χ3v) is 3.67. The lowest BCUT2D eigenvalue weighted by Gasteiger charge is -2.19. The largest absolute Gasteiger partial charge is 0.323 e. The summed E-state index contributed by atoms with van der Waals surface area (Å²) in [4.78, 5) is 13.5. The van der Waals surface area contributed by atoms with E-state index in [1.54, 1.807) is 32.2 Å². The Hall–Kier alpha value is -2.14. The highest BCUT2D eigenvalue weighted by Gasteiger charge is 2.12. The molecule has 0 bridgehead atoms. The van der Waals surface area contributed by atoms with Gasteiger partial charge < -0.3 is 10.2 Å². The van der Waals surface area contributed by atoms with Crippen LogP contribution in [0, 0.1) is 18.6 Å². The van der Waals surface area contributed by atoms with Crippen LogP contribution in [0.3, 0.4) is 0 Å². The summed E-state index contributed by atoms with van der Waals surface area (Å²) in [6.45, 7) is 1.95. The molecule has 2 amide bonds. The van der Waals surface area contributed by atoms with E-state index in [4.69, 9.17) is 11.6 Å². The summed E-state index contributed by atoms with van der Waals surface area (Å²) in [6.07, 6.45) is 0. The zero-order valence-electron chi connectivity index (χ0n) is 12.2. The molecule has 6 heteroatoms. The van der Waals surface area contributed by atoms with Crippen molar-refractivity contribution in [2.75, 3.05) is 12.4 Å². The fourth-order valence-electron chi connectivity index (χ4n) is 1.94. The number of rotatable bonds is 3. The number of halogens is 3. The van der Waals surface area contributed by atoms with Crippen molar-refractivity contribution in [3.05, 3.63) is 64.2 Å². The van der Waals surface area contributed by atoms with Gasteiger partial charge >= 0.3 is 6.03 Å². The lowest BCUT2D eigenvalue weighted by Crippen LogP contribution is -2.31. The minimum Gasteiger partial charge on any atom is -0.323 e. The number of anilines is 1. The predicted molar refractivity (Wildman–Crippen MR) is 83.0 cm³/mol. The first-order chi connectivity index (χ1) is 10.4. The SMILES string of the molecule is Cc1c(Cl)cccc1NC(=O)N(C)Cc1ccc(F)c(F)c1. The lowest BCUT2D eigenvalue weighted by atomic mass is 10.2. The molecule has 0 fully saturated rings. The first-order valence-electron chi connectivity index (χ1n) is 6.59. The van der Waals surface area contributed by atoms with Gasteiger partial charge in [0.05, 0.1) is 0 Å². The van der Waals surface area contributed by atoms with Crippen molar-refractivity contribution in [3.63, 3.8) is 0 Å². The van der Waals surface area contributed by atoms with Crippen molar-refractivity contribution in [1.29, 1.82) is 0 Å². The van der Waals surface area contributed by atoms with Crippen molar-refractivity contribution in [3.8, 4) is 0 Å². The molecule has 0 saturated carbocycles. The molecular weight excluding hydrogens is 310 g/mol. The van der Waals surface area contributed by atoms with Crippen LogP contribution in [-0.4, -0.2) is 18.0 Å². The van der Waals surface area contributed by atoms with Gasteiger partial charge in [-0.1, -0.05) is 23.7 Å². The molecule has 0 aliphatic heterocycles. The summed E-state index contributed by atoms with van der Waals surface area (Å²) >= 11 is 6.00. The standard InChI is InChI=1S/C16H15ClF2N2O/c1-10-12(17)4-3-5-15(10)20-16(22)21(2)9-11-6-7-13(18)14(19)8-11/h3-8H,9H2,1-2H3,(H,20,22). The van der Waals surface area contributed by atoms with Crippen molar-refractivity contribution >= 4 is 23.3 Å². The van der Waals surface area contributed by atoms with Gasteiger partial charge in [0.15, 0.2) is 11.6 Å². The third kappa shape index (κ3) is 3.74. The molecule has 2 aromatic rings. The topological polar surface area (TPSA) is 32.3 Å². The average molecular weight is 325 g/mol. The molecule has 22 heavy (non-hydrogen) atoms. The third-order valence-electron chi connectivity index (χ3n) is 3.26. The molecule has 1 N–H and O–H groups in total. The number of carbonyl (C=O) groups excluding carboxylic acids is 1. The Morgan fingerprint density at radius 1 is 1.23 bits per heavy atom. The van der Waals surface area contributed by atoms with Crippen molar-refractivity contribution < 1.29 is 13.6 Å². The molecule has 0 radical (unpaired) electrons. The van der Waals surface area contributed by atoms with Crippen LogP contribution in [-0.2, 0) is 6.54 Å². The molecule has 3 nitrogen and oxygen atoms in total. The van der Waals surface area contributed by atoms with E-state index in [0.29, 0.717) is 16.3 Å². The first kappa shape index (κ1) is 16.2. The second kappa shape index (κ2) is 6.75. The second-order valence-corrected chi connectivity index (χ2v) is 5.35. The molecule has 2 aromatic carbocycles. The maximum atomic E-state index is 13.2. The summed E-state index contributed by atoms with van der Waals surface area (Å²) in [5.41, 5.74) is 1.87. The van der Waals surface area contributed by atoms with E-state index in [0.717, 1.165) is 17.7 Å². The molecule has 0 heterocycles. The van der Waals surface area contributed by atoms with E-state index in [1.165, 1.54) is 11.0 Å². The Labute approximate surface area is 132 Å². The average Bonchev–Trinajstić information content (AvgIpc) is 2.47. The molecule has 0 aliphatic rings. The van der Waals surface area contributed by atoms with E-state index in [2.05, 4.69) is 5.32 Å². The molecule has 0 saturated heterocycles. The van der Waals surface area contributed by atoms with Crippen molar-refractivity contribution in [2.24, 2.45) is 0 Å². The predicted octanol–water partition coefficient (Wildman–Crippen LogP) is 4.59. The molecule has 116 valence electrons. The Balaban J connectivity index is 2.06. The van der Waals surface area contributed by atoms with Gasteiger partial charge in [0, 0.05) is 24.3 Å². The summed E-state index contributed by atoms with van der Waals surface area (Å²) in [6, 6.07) is 8.39. The van der Waals surface area contributed by atoms with E-state index < -0.39 is 11.6 Å². The van der Waals surface area contributed by atoms with Gasteiger partial charge in [-0.2, -0.15) is 0 Å². The smallest absolute Gasteiger partial charge is 0.321 e. The number of amides is 2. The maximum absolute atomic E-state index is 13.2. The second-order valence-electron chi connectivity index (χ2n) is 4.95. The molecule has 0 aliphatic carbocycles. The normalized spacial score (nSPS) is 10.4. The molecule has 0 aromatic heterocycles. The maximum Gasteiger partial charge on any atom is 0.321 e. The van der Waals surface area contributed by atoms with Gasteiger partial charge in [0.1, 0.15) is 0 Å². The molecule has 0 spiro atoms. The summed E-state index contributed by atoms with van der Waals surface area (Å²) < 4.78 is 26.1. The number of carbonyl (C=O) groups is 1. The van der Waals surface area contributed by atoms with Crippen LogP contribution in [0.2, 0.25) is 5.02 Å². The number of benzene rings is 2. The van der Waals surface area contributed by atoms with Gasteiger partial charge in [-0.15, -0.1) is 0 Å². The fraction of sp³-hybridized carbons (Fsp3) is 0.188. The van der Waals surface area contributed by atoms with Gasteiger partial charge in [0.25, 0.3) is 0 Å². The van der Waals surface area contributed by atoms with Gasteiger partial charge in [0.2, 0.25) is 0 Å². The van der Waals surface area contributed by atoms with Crippen LogP contribution in [0.4, 0.5) is 19.3 Å². The highest BCUT2D eigenvalue weighted by atomic mass is 35.5. The first-order valence-corrected chi connectivity index (χ1v) is 6.97. The van der Waals surface area contributed by atoms with Crippen LogP contribution in [0.15, 0.2) is 36.4 Å². The number of nitrogens with zero attached hydrogens (tertiary/aromatic N) is 1. The number of urea groups is 1. The van der Waals surface area contributed by atoms with Crippen LogP contribution in [0.5, 0.6) is 0 Å². The van der Waals surface area contributed by atoms with Crippen LogP contribution >= 0.6 is 11.6 Å². The molecular formula is C16H15ClF2N2O. The number of nitrogens with one attached hydrogen (secondary N) is 1. The minimum atomic E-state index is -0.933. The Kier molecular flexibility index (Phi) is 4.98. The van der Waals surface area contributed by atoms with Gasteiger partial charge in [-0.25, -0.2) is 13.6 Å². The lowest BCUT2D eigenvalue weighted by molar-refractivity contribution is 0.220. The van der Waals surface area contributed by atoms with Crippen LogP contribution < -0.4 is 5.32 Å². The molecule has 0 unspecified atom stereocenters. The summed E-state index contributed by atoms with van der Waals surface area (Å²) in [5.74, 6) is -1.84. The quantitative estimate of drug-likeness (QED) is 0.880. The van der Waals surface area contributed by atoms with Crippen molar-refractivity contribution in [1.82, 2.24) is 4.90 Å². The summed E-state index contributed by atoms with van der Waals surface area (Å²) in [7, 11) is 1.57. The van der Waals surface area contributed by atoms with Crippen LogP contribution in [0.25, 0.3) is 0 Å².